The number of methoxy groups -OCH3 is 1. The number of nitro groups is 1. The van der Waals surface area contributed by atoms with E-state index in [4.69, 9.17) is 14.3 Å². The normalized spacial score (nSPS) is 14.1. The van der Waals surface area contributed by atoms with Crippen molar-refractivity contribution in [2.45, 2.75) is 12.1 Å². The zero-order chi connectivity index (χ0) is 22.9. The number of nitrogens with zero attached hydrogens (tertiary/aromatic N) is 5. The minimum Gasteiger partial charge on any atom is -0.497 e. The smallest absolute Gasteiger partial charge is 0.269 e. The van der Waals surface area contributed by atoms with Gasteiger partial charge in [0.2, 0.25) is 5.16 Å². The molecule has 164 valence electrons. The van der Waals surface area contributed by atoms with E-state index in [1.165, 1.54) is 23.9 Å². The number of nitro benzene ring substituents is 1. The third-order valence-electron chi connectivity index (χ3n) is 5.03. The Morgan fingerprint density at radius 3 is 2.45 bits per heavy atom. The molecular weight excluding hydrogens is 442 g/mol. The van der Waals surface area contributed by atoms with E-state index in [1.54, 1.807) is 23.9 Å². The van der Waals surface area contributed by atoms with Crippen molar-refractivity contribution in [2.75, 3.05) is 7.11 Å². The van der Waals surface area contributed by atoms with E-state index in [-0.39, 0.29) is 5.69 Å². The third-order valence-corrected chi connectivity index (χ3v) is 6.00. The lowest BCUT2D eigenvalue weighted by molar-refractivity contribution is -0.384. The van der Waals surface area contributed by atoms with Gasteiger partial charge in [-0.2, -0.15) is 9.78 Å². The lowest BCUT2D eigenvalue weighted by Gasteiger charge is -2.16. The van der Waals surface area contributed by atoms with Gasteiger partial charge in [0.25, 0.3) is 5.69 Å². The minimum absolute atomic E-state index is 0.0333. The number of thioether (sulfide) groups is 1. The van der Waals surface area contributed by atoms with Crippen LogP contribution in [0.1, 0.15) is 17.1 Å². The molecule has 1 aliphatic rings. The molecule has 0 amide bonds. The van der Waals surface area contributed by atoms with Crippen molar-refractivity contribution in [3.8, 4) is 17.1 Å². The van der Waals surface area contributed by atoms with Crippen LogP contribution in [0.2, 0.25) is 0 Å². The predicted octanol–water partition coefficient (Wildman–Crippen LogP) is 5.16. The molecule has 0 saturated carbocycles. The van der Waals surface area contributed by atoms with Crippen LogP contribution in [-0.2, 0) is 0 Å². The molecule has 3 heterocycles. The van der Waals surface area contributed by atoms with Crippen molar-refractivity contribution in [3.05, 3.63) is 92.8 Å². The fourth-order valence-corrected chi connectivity index (χ4v) is 4.29. The van der Waals surface area contributed by atoms with Crippen molar-refractivity contribution in [3.63, 3.8) is 0 Å². The summed E-state index contributed by atoms with van der Waals surface area (Å²) in [6.07, 6.45) is 1.90. The number of aromatic nitrogens is 3. The molecule has 0 N–H and O–H groups in total. The molecule has 4 aromatic rings. The maximum absolute atomic E-state index is 10.9. The van der Waals surface area contributed by atoms with Crippen molar-refractivity contribution >= 4 is 29.2 Å². The van der Waals surface area contributed by atoms with Crippen LogP contribution in [0, 0.1) is 17.0 Å². The molecular formula is C23H17N5O4S. The van der Waals surface area contributed by atoms with Gasteiger partial charge in [-0.05, 0) is 73.3 Å². The Kier molecular flexibility index (Phi) is 5.27. The highest BCUT2D eigenvalue weighted by Crippen LogP contribution is 2.36. The highest BCUT2D eigenvalue weighted by molar-refractivity contribution is 8.04. The molecule has 0 radical (unpaired) electrons. The molecule has 5 rings (SSSR count). The second-order valence-electron chi connectivity index (χ2n) is 7.14. The van der Waals surface area contributed by atoms with E-state index in [2.05, 4.69) is 10.2 Å². The summed E-state index contributed by atoms with van der Waals surface area (Å²) in [5, 5.41) is 24.7. The van der Waals surface area contributed by atoms with Crippen LogP contribution < -0.4 is 4.74 Å². The van der Waals surface area contributed by atoms with Crippen LogP contribution in [0.5, 0.6) is 5.75 Å². The van der Waals surface area contributed by atoms with Gasteiger partial charge in [0.1, 0.15) is 23.0 Å². The fourth-order valence-electron chi connectivity index (χ4n) is 3.32. The summed E-state index contributed by atoms with van der Waals surface area (Å²) in [4.78, 5) is 11.3. The fraction of sp³-hybridized carbons (Fsp3) is 0.0870. The molecule has 1 aliphatic heterocycles. The van der Waals surface area contributed by atoms with Crippen molar-refractivity contribution in [1.82, 2.24) is 14.9 Å². The average Bonchev–Trinajstić information content (AvgIpc) is 3.45. The Labute approximate surface area is 192 Å². The summed E-state index contributed by atoms with van der Waals surface area (Å²) in [5.74, 6) is 2.69. The molecule has 10 heteroatoms. The SMILES string of the molecule is COc1ccc(C2=Nn3c(C)nnc3S/C2=C/c2ccc(-c3ccc([N+](=O)[O-])cc3)o2)cc1. The molecule has 0 atom stereocenters. The summed E-state index contributed by atoms with van der Waals surface area (Å²) in [5.41, 5.74) is 2.45. The molecule has 33 heavy (non-hydrogen) atoms. The molecule has 0 fully saturated rings. The molecule has 0 aliphatic carbocycles. The van der Waals surface area contributed by atoms with Gasteiger partial charge in [0.05, 0.1) is 12.0 Å². The summed E-state index contributed by atoms with van der Waals surface area (Å²) in [6.45, 7) is 1.85. The summed E-state index contributed by atoms with van der Waals surface area (Å²) >= 11 is 1.45. The van der Waals surface area contributed by atoms with Gasteiger partial charge < -0.3 is 9.15 Å². The topological polar surface area (TPSA) is 109 Å². The van der Waals surface area contributed by atoms with Crippen LogP contribution in [0.4, 0.5) is 5.69 Å². The third kappa shape index (κ3) is 4.03. The van der Waals surface area contributed by atoms with Gasteiger partial charge in [0.15, 0.2) is 5.82 Å². The molecule has 0 bridgehead atoms. The van der Waals surface area contributed by atoms with Gasteiger partial charge in [-0.3, -0.25) is 10.1 Å². The summed E-state index contributed by atoms with van der Waals surface area (Å²) in [7, 11) is 1.63. The number of aryl methyl sites for hydroxylation is 1. The van der Waals surface area contributed by atoms with Gasteiger partial charge in [-0.15, -0.1) is 10.2 Å². The van der Waals surface area contributed by atoms with Crippen molar-refractivity contribution in [2.24, 2.45) is 5.10 Å². The van der Waals surface area contributed by atoms with E-state index in [9.17, 15) is 10.1 Å². The number of rotatable bonds is 5. The number of allylic oxidation sites excluding steroid dienone is 1. The highest BCUT2D eigenvalue weighted by atomic mass is 32.2. The standard InChI is InChI=1S/C23H17N5O4S/c1-14-24-25-23-27(14)26-22(16-5-9-18(31-2)10-6-16)21(33-23)13-19-11-12-20(32-19)15-3-7-17(8-4-15)28(29)30/h3-13H,1-2H3/b21-13+. The first-order valence-corrected chi connectivity index (χ1v) is 10.7. The summed E-state index contributed by atoms with van der Waals surface area (Å²) < 4.78 is 13.0. The Bertz CT molecular complexity index is 1400. The van der Waals surface area contributed by atoms with Crippen LogP contribution >= 0.6 is 11.8 Å². The van der Waals surface area contributed by atoms with Crippen molar-refractivity contribution < 1.29 is 14.1 Å². The first-order valence-electron chi connectivity index (χ1n) is 9.92. The number of hydrogen-bond acceptors (Lipinski definition) is 8. The molecule has 9 nitrogen and oxygen atoms in total. The van der Waals surface area contributed by atoms with E-state index in [0.717, 1.165) is 27.5 Å². The van der Waals surface area contributed by atoms with E-state index in [0.29, 0.717) is 22.5 Å². The lowest BCUT2D eigenvalue weighted by atomic mass is 10.1. The average molecular weight is 459 g/mol. The predicted molar refractivity (Wildman–Crippen MR) is 124 cm³/mol. The van der Waals surface area contributed by atoms with E-state index < -0.39 is 4.92 Å². The molecule has 2 aromatic carbocycles. The van der Waals surface area contributed by atoms with Gasteiger partial charge >= 0.3 is 0 Å². The summed E-state index contributed by atoms with van der Waals surface area (Å²) in [6, 6.07) is 17.6. The largest absolute Gasteiger partial charge is 0.497 e. The van der Waals surface area contributed by atoms with Crippen LogP contribution in [-0.4, -0.2) is 32.6 Å². The minimum atomic E-state index is -0.428. The maximum Gasteiger partial charge on any atom is 0.269 e. The number of benzene rings is 2. The molecule has 2 aromatic heterocycles. The number of ether oxygens (including phenoxy) is 1. The zero-order valence-electron chi connectivity index (χ0n) is 17.6. The van der Waals surface area contributed by atoms with Crippen LogP contribution in [0.3, 0.4) is 0 Å². The van der Waals surface area contributed by atoms with Gasteiger partial charge in [-0.1, -0.05) is 0 Å². The quantitative estimate of drug-likeness (QED) is 0.299. The van der Waals surface area contributed by atoms with Crippen LogP contribution in [0.25, 0.3) is 17.4 Å². The number of hydrogen-bond donors (Lipinski definition) is 0. The second-order valence-corrected chi connectivity index (χ2v) is 8.14. The Morgan fingerprint density at radius 2 is 1.76 bits per heavy atom. The molecule has 0 spiro atoms. The Hall–Kier alpha value is -4.18. The second kappa shape index (κ2) is 8.40. The maximum atomic E-state index is 10.9. The van der Waals surface area contributed by atoms with Gasteiger partial charge in [-0.25, -0.2) is 0 Å². The van der Waals surface area contributed by atoms with Gasteiger partial charge in [0, 0.05) is 28.2 Å². The molecule has 0 unspecified atom stereocenters. The lowest BCUT2D eigenvalue weighted by Crippen LogP contribution is -2.12. The number of non-ortho nitro benzene ring substituents is 1. The number of fused-ring (bicyclic) bond motifs is 1. The Morgan fingerprint density at radius 1 is 1.03 bits per heavy atom. The zero-order valence-corrected chi connectivity index (χ0v) is 18.4. The van der Waals surface area contributed by atoms with Crippen LogP contribution in [0.15, 0.2) is 80.2 Å². The first kappa shape index (κ1) is 20.7. The Balaban J connectivity index is 1.51. The monoisotopic (exact) mass is 459 g/mol. The highest BCUT2D eigenvalue weighted by Gasteiger charge is 2.23. The first-order chi connectivity index (χ1) is 16.0. The number of furan rings is 1. The van der Waals surface area contributed by atoms with E-state index in [1.807, 2.05) is 49.4 Å². The van der Waals surface area contributed by atoms with Crippen molar-refractivity contribution in [1.29, 1.82) is 0 Å². The van der Waals surface area contributed by atoms with E-state index >= 15 is 0 Å². The molecule has 0 saturated heterocycles.